The van der Waals surface area contributed by atoms with Crippen LogP contribution in [0.5, 0.6) is 0 Å². The van der Waals surface area contributed by atoms with Crippen molar-refractivity contribution in [2.45, 2.75) is 42.0 Å². The van der Waals surface area contributed by atoms with Crippen LogP contribution in [0.1, 0.15) is 25.7 Å². The topological polar surface area (TPSA) is 46.2 Å². The van der Waals surface area contributed by atoms with Crippen molar-refractivity contribution in [3.05, 3.63) is 29.3 Å². The van der Waals surface area contributed by atoms with E-state index in [-0.39, 0.29) is 16.3 Å². The first-order valence-corrected chi connectivity index (χ1v) is 8.21. The fraction of sp³-hybridized carbons (Fsp3) is 0.500. The molecule has 2 unspecified atom stereocenters. The van der Waals surface area contributed by atoms with Crippen molar-refractivity contribution in [3.8, 4) is 0 Å². The van der Waals surface area contributed by atoms with Gasteiger partial charge in [0, 0.05) is 16.4 Å². The van der Waals surface area contributed by atoms with Crippen LogP contribution in [0.4, 0.5) is 0 Å². The molecule has 1 aliphatic rings. The minimum Gasteiger partial charge on any atom is -0.207 e. The lowest BCUT2D eigenvalue weighted by Crippen LogP contribution is -2.42. The maximum atomic E-state index is 12.2. The van der Waals surface area contributed by atoms with E-state index in [1.165, 1.54) is 12.1 Å². The SMILES string of the molecule is O=S(=O)(NC1CCCCC1Cl)c1cccc(Cl)c1. The summed E-state index contributed by atoms with van der Waals surface area (Å²) in [5.41, 5.74) is 0. The van der Waals surface area contributed by atoms with Crippen molar-refractivity contribution < 1.29 is 8.42 Å². The number of rotatable bonds is 3. The molecule has 0 saturated heterocycles. The molecule has 0 aliphatic heterocycles. The number of hydrogen-bond acceptors (Lipinski definition) is 2. The molecule has 1 aliphatic carbocycles. The average Bonchev–Trinajstić information content (AvgIpc) is 2.32. The van der Waals surface area contributed by atoms with E-state index in [9.17, 15) is 8.42 Å². The summed E-state index contributed by atoms with van der Waals surface area (Å²) in [6, 6.07) is 6.04. The number of hydrogen-bond donors (Lipinski definition) is 1. The number of benzene rings is 1. The number of halogens is 2. The first kappa shape index (κ1) is 14.1. The van der Waals surface area contributed by atoms with E-state index in [4.69, 9.17) is 23.2 Å². The van der Waals surface area contributed by atoms with Gasteiger partial charge in [0.1, 0.15) is 0 Å². The third kappa shape index (κ3) is 3.38. The molecular formula is C12H15Cl2NO2S. The first-order valence-electron chi connectivity index (χ1n) is 5.91. The van der Waals surface area contributed by atoms with E-state index in [1.807, 2.05) is 0 Å². The number of alkyl halides is 1. The molecule has 0 amide bonds. The van der Waals surface area contributed by atoms with Crippen molar-refractivity contribution in [1.82, 2.24) is 4.72 Å². The van der Waals surface area contributed by atoms with Crippen LogP contribution in [0.15, 0.2) is 29.2 Å². The molecule has 2 rings (SSSR count). The van der Waals surface area contributed by atoms with Gasteiger partial charge in [-0.1, -0.05) is 30.5 Å². The second-order valence-electron chi connectivity index (χ2n) is 4.49. The van der Waals surface area contributed by atoms with Gasteiger partial charge in [-0.05, 0) is 31.0 Å². The van der Waals surface area contributed by atoms with Crippen molar-refractivity contribution >= 4 is 33.2 Å². The molecule has 0 heterocycles. The Labute approximate surface area is 118 Å². The predicted octanol–water partition coefficient (Wildman–Crippen LogP) is 3.17. The van der Waals surface area contributed by atoms with E-state index < -0.39 is 10.0 Å². The Hall–Kier alpha value is -0.290. The summed E-state index contributed by atoms with van der Waals surface area (Å²) in [5, 5.41) is 0.275. The summed E-state index contributed by atoms with van der Waals surface area (Å²) < 4.78 is 27.0. The van der Waals surface area contributed by atoms with Gasteiger partial charge in [-0.2, -0.15) is 0 Å². The minimum absolute atomic E-state index is 0.132. The zero-order valence-corrected chi connectivity index (χ0v) is 12.1. The van der Waals surface area contributed by atoms with Crippen LogP contribution in [0, 0.1) is 0 Å². The summed E-state index contributed by atoms with van der Waals surface area (Å²) in [4.78, 5) is 0.185. The monoisotopic (exact) mass is 307 g/mol. The molecule has 100 valence electrons. The molecule has 0 aromatic heterocycles. The summed E-state index contributed by atoms with van der Waals surface area (Å²) >= 11 is 12.0. The molecule has 1 fully saturated rings. The highest BCUT2D eigenvalue weighted by molar-refractivity contribution is 7.89. The van der Waals surface area contributed by atoms with E-state index in [0.717, 1.165) is 25.7 Å². The van der Waals surface area contributed by atoms with Crippen molar-refractivity contribution in [1.29, 1.82) is 0 Å². The fourth-order valence-electron chi connectivity index (χ4n) is 2.12. The lowest BCUT2D eigenvalue weighted by molar-refractivity contribution is 0.418. The summed E-state index contributed by atoms with van der Waals surface area (Å²) in [5.74, 6) is 0. The summed E-state index contributed by atoms with van der Waals surface area (Å²) in [7, 11) is -3.53. The molecule has 0 radical (unpaired) electrons. The Morgan fingerprint density at radius 1 is 1.22 bits per heavy atom. The molecule has 0 spiro atoms. The Morgan fingerprint density at radius 2 is 1.94 bits per heavy atom. The predicted molar refractivity (Wildman–Crippen MR) is 73.7 cm³/mol. The van der Waals surface area contributed by atoms with Crippen molar-refractivity contribution in [2.24, 2.45) is 0 Å². The van der Waals surface area contributed by atoms with E-state index in [2.05, 4.69) is 4.72 Å². The average molecular weight is 308 g/mol. The van der Waals surface area contributed by atoms with Crippen LogP contribution in [0.2, 0.25) is 5.02 Å². The number of sulfonamides is 1. The van der Waals surface area contributed by atoms with Gasteiger partial charge in [0.05, 0.1) is 4.90 Å². The largest absolute Gasteiger partial charge is 0.240 e. The maximum absolute atomic E-state index is 12.2. The van der Waals surface area contributed by atoms with Gasteiger partial charge in [-0.25, -0.2) is 13.1 Å². The van der Waals surface area contributed by atoms with Crippen molar-refractivity contribution in [2.75, 3.05) is 0 Å². The zero-order chi connectivity index (χ0) is 13.2. The quantitative estimate of drug-likeness (QED) is 0.872. The molecule has 3 nitrogen and oxygen atoms in total. The zero-order valence-electron chi connectivity index (χ0n) is 9.77. The van der Waals surface area contributed by atoms with Crippen LogP contribution in [-0.2, 0) is 10.0 Å². The molecule has 0 bridgehead atoms. The Bertz CT molecular complexity index is 519. The van der Waals surface area contributed by atoms with E-state index in [1.54, 1.807) is 12.1 Å². The van der Waals surface area contributed by atoms with Crippen LogP contribution in [0.25, 0.3) is 0 Å². The van der Waals surface area contributed by atoms with Crippen LogP contribution in [-0.4, -0.2) is 19.8 Å². The molecule has 1 aromatic carbocycles. The van der Waals surface area contributed by atoms with Gasteiger partial charge in [0.15, 0.2) is 0 Å². The van der Waals surface area contributed by atoms with Crippen LogP contribution >= 0.6 is 23.2 Å². The van der Waals surface area contributed by atoms with Gasteiger partial charge in [-0.15, -0.1) is 11.6 Å². The standard InChI is InChI=1S/C12H15Cl2NO2S/c13-9-4-3-5-10(8-9)18(16,17)15-12-7-2-1-6-11(12)14/h3-5,8,11-12,15H,1-2,6-7H2. The second-order valence-corrected chi connectivity index (χ2v) is 7.20. The van der Waals surface area contributed by atoms with E-state index in [0.29, 0.717) is 5.02 Å². The lowest BCUT2D eigenvalue weighted by atomic mass is 9.96. The molecule has 1 N–H and O–H groups in total. The minimum atomic E-state index is -3.53. The molecular weight excluding hydrogens is 293 g/mol. The smallest absolute Gasteiger partial charge is 0.207 e. The van der Waals surface area contributed by atoms with Gasteiger partial charge >= 0.3 is 0 Å². The fourth-order valence-corrected chi connectivity index (χ4v) is 4.15. The van der Waals surface area contributed by atoms with Crippen LogP contribution < -0.4 is 4.72 Å². The third-order valence-electron chi connectivity index (χ3n) is 3.09. The molecule has 18 heavy (non-hydrogen) atoms. The highest BCUT2D eigenvalue weighted by atomic mass is 35.5. The van der Waals surface area contributed by atoms with Gasteiger partial charge in [-0.3, -0.25) is 0 Å². The lowest BCUT2D eigenvalue weighted by Gasteiger charge is -2.27. The molecule has 1 aromatic rings. The van der Waals surface area contributed by atoms with Crippen LogP contribution in [0.3, 0.4) is 0 Å². The maximum Gasteiger partial charge on any atom is 0.240 e. The number of nitrogens with one attached hydrogen (secondary N) is 1. The van der Waals surface area contributed by atoms with Gasteiger partial charge in [0.2, 0.25) is 10.0 Å². The second kappa shape index (κ2) is 5.78. The highest BCUT2D eigenvalue weighted by Crippen LogP contribution is 2.25. The van der Waals surface area contributed by atoms with Gasteiger partial charge < -0.3 is 0 Å². The van der Waals surface area contributed by atoms with Gasteiger partial charge in [0.25, 0.3) is 0 Å². The summed E-state index contributed by atoms with van der Waals surface area (Å²) in [6.07, 6.45) is 3.70. The molecule has 6 heteroatoms. The van der Waals surface area contributed by atoms with E-state index >= 15 is 0 Å². The Balaban J connectivity index is 2.16. The van der Waals surface area contributed by atoms with Crippen molar-refractivity contribution in [3.63, 3.8) is 0 Å². The molecule has 2 atom stereocenters. The normalized spacial score (nSPS) is 25.0. The summed E-state index contributed by atoms with van der Waals surface area (Å²) in [6.45, 7) is 0. The Kier molecular flexibility index (Phi) is 4.54. The first-order chi connectivity index (χ1) is 8.49. The molecule has 1 saturated carbocycles. The highest BCUT2D eigenvalue weighted by Gasteiger charge is 2.28. The Morgan fingerprint density at radius 3 is 2.61 bits per heavy atom. The third-order valence-corrected chi connectivity index (χ3v) is 5.34.